The molecule has 3 rings (SSSR count). The second kappa shape index (κ2) is 4.61. The Morgan fingerprint density at radius 2 is 2.00 bits per heavy atom. The van der Waals surface area contributed by atoms with Crippen molar-refractivity contribution in [1.82, 2.24) is 4.98 Å². The number of amides is 1. The van der Waals surface area contributed by atoms with Gasteiger partial charge in [-0.05, 0) is 37.8 Å². The first kappa shape index (κ1) is 12.1. The normalized spacial score (nSPS) is 18.3. The van der Waals surface area contributed by atoms with E-state index in [-0.39, 0.29) is 0 Å². The Balaban J connectivity index is 2.12. The lowest BCUT2D eigenvalue weighted by molar-refractivity contribution is -0.0153. The van der Waals surface area contributed by atoms with Gasteiger partial charge in [0.1, 0.15) is 5.60 Å². The van der Waals surface area contributed by atoms with Crippen molar-refractivity contribution in [3.05, 3.63) is 36.0 Å². The van der Waals surface area contributed by atoms with Crippen LogP contribution in [0.1, 0.15) is 37.7 Å². The van der Waals surface area contributed by atoms with E-state index in [1.165, 1.54) is 6.42 Å². The van der Waals surface area contributed by atoms with Crippen LogP contribution in [-0.4, -0.2) is 11.1 Å². The molecule has 1 saturated carbocycles. The van der Waals surface area contributed by atoms with E-state index in [1.54, 1.807) is 0 Å². The quantitative estimate of drug-likeness (QED) is 0.866. The van der Waals surface area contributed by atoms with Gasteiger partial charge in [-0.3, -0.25) is 0 Å². The van der Waals surface area contributed by atoms with Crippen LogP contribution in [0.4, 0.5) is 4.79 Å². The maximum Gasteiger partial charge on any atom is 0.405 e. The van der Waals surface area contributed by atoms with E-state index in [2.05, 4.69) is 4.98 Å². The summed E-state index contributed by atoms with van der Waals surface area (Å²) in [5.74, 6) is 0. The molecule has 0 bridgehead atoms. The predicted molar refractivity (Wildman–Crippen MR) is 73.7 cm³/mol. The highest BCUT2D eigenvalue weighted by molar-refractivity contribution is 5.84. The summed E-state index contributed by atoms with van der Waals surface area (Å²) in [6.45, 7) is 0. The van der Waals surface area contributed by atoms with Gasteiger partial charge < -0.3 is 15.5 Å². The van der Waals surface area contributed by atoms with Gasteiger partial charge in [0.05, 0.1) is 0 Å². The van der Waals surface area contributed by atoms with Gasteiger partial charge in [-0.25, -0.2) is 4.79 Å². The zero-order valence-corrected chi connectivity index (χ0v) is 10.8. The summed E-state index contributed by atoms with van der Waals surface area (Å²) in [5.41, 5.74) is 6.89. The molecule has 1 aromatic carbocycles. The maximum absolute atomic E-state index is 11.3. The number of carbonyl (C=O) groups is 1. The molecule has 0 radical (unpaired) electrons. The molecule has 100 valence electrons. The van der Waals surface area contributed by atoms with E-state index in [0.717, 1.165) is 42.1 Å². The summed E-state index contributed by atoms with van der Waals surface area (Å²) in [6.07, 6.45) is 6.24. The predicted octanol–water partition coefficient (Wildman–Crippen LogP) is 3.42. The monoisotopic (exact) mass is 258 g/mol. The highest BCUT2D eigenvalue weighted by Gasteiger charge is 2.38. The van der Waals surface area contributed by atoms with Crippen LogP contribution in [0.5, 0.6) is 0 Å². The van der Waals surface area contributed by atoms with Crippen molar-refractivity contribution in [3.8, 4) is 0 Å². The lowest BCUT2D eigenvalue weighted by atomic mass is 9.78. The first-order chi connectivity index (χ1) is 9.21. The largest absolute Gasteiger partial charge is 0.438 e. The molecule has 2 aromatic rings. The van der Waals surface area contributed by atoms with Crippen molar-refractivity contribution in [2.75, 3.05) is 0 Å². The second-order valence-corrected chi connectivity index (χ2v) is 5.22. The summed E-state index contributed by atoms with van der Waals surface area (Å²) in [4.78, 5) is 14.5. The Hall–Kier alpha value is -1.97. The molecule has 0 spiro atoms. The summed E-state index contributed by atoms with van der Waals surface area (Å²) in [7, 11) is 0. The Kier molecular flexibility index (Phi) is 2.93. The molecule has 1 aliphatic rings. The van der Waals surface area contributed by atoms with E-state index >= 15 is 0 Å². The molecule has 4 nitrogen and oxygen atoms in total. The van der Waals surface area contributed by atoms with Crippen LogP contribution in [0.2, 0.25) is 0 Å². The summed E-state index contributed by atoms with van der Waals surface area (Å²) >= 11 is 0. The van der Waals surface area contributed by atoms with Crippen molar-refractivity contribution < 1.29 is 9.53 Å². The molecule has 0 unspecified atom stereocenters. The number of benzene rings is 1. The number of aromatic amines is 1. The zero-order valence-electron chi connectivity index (χ0n) is 10.8. The lowest BCUT2D eigenvalue weighted by Gasteiger charge is -2.37. The first-order valence-corrected chi connectivity index (χ1v) is 6.76. The van der Waals surface area contributed by atoms with E-state index in [4.69, 9.17) is 10.5 Å². The molecular formula is C15H18N2O2. The fourth-order valence-electron chi connectivity index (χ4n) is 3.22. The number of fused-ring (bicyclic) bond motifs is 1. The minimum Gasteiger partial charge on any atom is -0.438 e. The van der Waals surface area contributed by atoms with Gasteiger partial charge in [0.2, 0.25) is 0 Å². The van der Waals surface area contributed by atoms with E-state index in [9.17, 15) is 4.79 Å². The number of ether oxygens (including phenoxy) is 1. The summed E-state index contributed by atoms with van der Waals surface area (Å²) < 4.78 is 5.57. The molecule has 3 N–H and O–H groups in total. The van der Waals surface area contributed by atoms with Crippen molar-refractivity contribution in [2.24, 2.45) is 5.73 Å². The number of nitrogens with one attached hydrogen (secondary N) is 1. The molecule has 0 aliphatic heterocycles. The topological polar surface area (TPSA) is 68.1 Å². The maximum atomic E-state index is 11.3. The number of primary amides is 1. The second-order valence-electron chi connectivity index (χ2n) is 5.22. The molecular weight excluding hydrogens is 240 g/mol. The van der Waals surface area contributed by atoms with Crippen LogP contribution in [0.15, 0.2) is 30.5 Å². The number of hydrogen-bond acceptors (Lipinski definition) is 2. The molecule has 1 aliphatic carbocycles. The van der Waals surface area contributed by atoms with Gasteiger partial charge in [-0.15, -0.1) is 0 Å². The van der Waals surface area contributed by atoms with Crippen LogP contribution in [0.25, 0.3) is 10.9 Å². The molecule has 4 heteroatoms. The highest BCUT2D eigenvalue weighted by atomic mass is 16.6. The van der Waals surface area contributed by atoms with Gasteiger partial charge in [-0.2, -0.15) is 0 Å². The summed E-state index contributed by atoms with van der Waals surface area (Å²) in [5, 5.41) is 1.12. The van der Waals surface area contributed by atoms with Crippen molar-refractivity contribution >= 4 is 17.0 Å². The standard InChI is InChI=1S/C15H18N2O2/c16-14(18)19-15(8-2-1-3-9-15)12-5-4-6-13-11(12)7-10-17-13/h4-7,10,17H,1-3,8-9H2,(H2,16,18). The van der Waals surface area contributed by atoms with Gasteiger partial charge >= 0.3 is 6.09 Å². The molecule has 0 atom stereocenters. The number of nitrogens with two attached hydrogens (primary N) is 1. The first-order valence-electron chi connectivity index (χ1n) is 6.76. The Morgan fingerprint density at radius 3 is 2.74 bits per heavy atom. The fourth-order valence-corrected chi connectivity index (χ4v) is 3.22. The van der Waals surface area contributed by atoms with Gasteiger partial charge in [0.15, 0.2) is 0 Å². The molecule has 1 heterocycles. The molecule has 19 heavy (non-hydrogen) atoms. The smallest absolute Gasteiger partial charge is 0.405 e. The van der Waals surface area contributed by atoms with Crippen molar-refractivity contribution in [1.29, 1.82) is 0 Å². The van der Waals surface area contributed by atoms with Crippen molar-refractivity contribution in [2.45, 2.75) is 37.7 Å². The lowest BCUT2D eigenvalue weighted by Crippen LogP contribution is -2.36. The number of aromatic nitrogens is 1. The van der Waals surface area contributed by atoms with E-state index in [0.29, 0.717) is 0 Å². The fraction of sp³-hybridized carbons (Fsp3) is 0.400. The van der Waals surface area contributed by atoms with Gasteiger partial charge in [0, 0.05) is 22.7 Å². The molecule has 1 fully saturated rings. The molecule has 0 saturated heterocycles. The zero-order chi connectivity index (χ0) is 13.3. The Morgan fingerprint density at radius 1 is 1.21 bits per heavy atom. The van der Waals surface area contributed by atoms with Gasteiger partial charge in [0.25, 0.3) is 0 Å². The minimum absolute atomic E-state index is 0.550. The third kappa shape index (κ3) is 2.07. The van der Waals surface area contributed by atoms with Crippen LogP contribution < -0.4 is 5.73 Å². The Bertz CT molecular complexity index is 597. The van der Waals surface area contributed by atoms with Crippen LogP contribution in [0, 0.1) is 0 Å². The van der Waals surface area contributed by atoms with Crippen LogP contribution >= 0.6 is 0 Å². The van der Waals surface area contributed by atoms with Crippen LogP contribution in [-0.2, 0) is 10.3 Å². The van der Waals surface area contributed by atoms with Crippen molar-refractivity contribution in [3.63, 3.8) is 0 Å². The van der Waals surface area contributed by atoms with Gasteiger partial charge in [-0.1, -0.05) is 18.6 Å². The average Bonchev–Trinajstić information content (AvgIpc) is 2.86. The third-order valence-electron chi connectivity index (χ3n) is 4.04. The number of rotatable bonds is 2. The van der Waals surface area contributed by atoms with E-state index < -0.39 is 11.7 Å². The Labute approximate surface area is 111 Å². The number of carbonyl (C=O) groups excluding carboxylic acids is 1. The van der Waals surface area contributed by atoms with Crippen LogP contribution in [0.3, 0.4) is 0 Å². The minimum atomic E-state index is -0.686. The highest BCUT2D eigenvalue weighted by Crippen LogP contribution is 2.43. The molecule has 1 amide bonds. The number of H-pyrrole nitrogens is 1. The average molecular weight is 258 g/mol. The SMILES string of the molecule is NC(=O)OC1(c2cccc3[nH]ccc23)CCCCC1. The molecule has 1 aromatic heterocycles. The number of hydrogen-bond donors (Lipinski definition) is 2. The van der Waals surface area contributed by atoms with E-state index in [1.807, 2.05) is 30.5 Å². The third-order valence-corrected chi connectivity index (χ3v) is 4.04. The summed E-state index contributed by atoms with van der Waals surface area (Å²) in [6, 6.07) is 8.10.